The first-order valence-electron chi connectivity index (χ1n) is 10.1. The molecule has 0 aliphatic carbocycles. The molecule has 0 rings (SSSR count). The normalized spacial score (nSPS) is 12.0. The lowest BCUT2D eigenvalue weighted by atomic mass is 10.1. The number of hydrogen-bond donors (Lipinski definition) is 1. The van der Waals surface area contributed by atoms with Gasteiger partial charge in [0.25, 0.3) is 0 Å². The predicted octanol–water partition coefficient (Wildman–Crippen LogP) is 6.47. The van der Waals surface area contributed by atoms with Crippen molar-refractivity contribution >= 4 is 12.6 Å². The molecular weight excluding hydrogens is 286 g/mol. The molecule has 0 unspecified atom stereocenters. The second-order valence-electron chi connectivity index (χ2n) is 7.40. The van der Waals surface area contributed by atoms with E-state index in [0.29, 0.717) is 0 Å². The van der Waals surface area contributed by atoms with E-state index in [1.807, 2.05) is 0 Å². The summed E-state index contributed by atoms with van der Waals surface area (Å²) in [4.78, 5) is 0. The molecule has 0 atom stereocenters. The Kier molecular flexibility index (Phi) is 16.4. The van der Waals surface area contributed by atoms with Crippen LogP contribution in [-0.4, -0.2) is 36.9 Å². The second kappa shape index (κ2) is 16.2. The summed E-state index contributed by atoms with van der Waals surface area (Å²) >= 11 is 4.42. The molecule has 0 aliphatic heterocycles. The molecular formula is C20H44NS+. The number of rotatable bonds is 17. The Morgan fingerprint density at radius 1 is 0.545 bits per heavy atom. The van der Waals surface area contributed by atoms with Crippen molar-refractivity contribution in [3.05, 3.63) is 0 Å². The highest BCUT2D eigenvalue weighted by Crippen LogP contribution is 2.14. The fourth-order valence-corrected chi connectivity index (χ4v) is 3.48. The molecule has 0 aromatic rings. The van der Waals surface area contributed by atoms with E-state index in [0.717, 1.165) is 5.75 Å². The smallest absolute Gasteiger partial charge is 0.0792 e. The van der Waals surface area contributed by atoms with Gasteiger partial charge in [-0.15, -0.1) is 0 Å². The van der Waals surface area contributed by atoms with Crippen LogP contribution < -0.4 is 0 Å². The van der Waals surface area contributed by atoms with E-state index in [1.54, 1.807) is 0 Å². The third-order valence-electron chi connectivity index (χ3n) is 4.96. The van der Waals surface area contributed by atoms with Crippen LogP contribution >= 0.6 is 12.6 Å². The lowest BCUT2D eigenvalue weighted by Crippen LogP contribution is -2.46. The van der Waals surface area contributed by atoms with Crippen LogP contribution in [0.25, 0.3) is 0 Å². The highest BCUT2D eigenvalue weighted by Gasteiger charge is 2.19. The average Bonchev–Trinajstić information content (AvgIpc) is 2.52. The van der Waals surface area contributed by atoms with Crippen molar-refractivity contribution in [1.82, 2.24) is 0 Å². The third kappa shape index (κ3) is 13.9. The molecule has 0 spiro atoms. The summed E-state index contributed by atoms with van der Waals surface area (Å²) in [5.41, 5.74) is 0. The molecule has 0 aliphatic rings. The number of thiol groups is 1. The summed E-state index contributed by atoms with van der Waals surface area (Å²) < 4.78 is 1.29. The Morgan fingerprint density at radius 2 is 0.909 bits per heavy atom. The topological polar surface area (TPSA) is 0 Å². The van der Waals surface area contributed by atoms with Crippen molar-refractivity contribution in [1.29, 1.82) is 0 Å². The summed E-state index contributed by atoms with van der Waals surface area (Å²) in [6.45, 7) is 8.69. The van der Waals surface area contributed by atoms with Crippen LogP contribution in [0.1, 0.15) is 97.3 Å². The molecule has 22 heavy (non-hydrogen) atoms. The van der Waals surface area contributed by atoms with Crippen molar-refractivity contribution in [3.63, 3.8) is 0 Å². The Labute approximate surface area is 147 Å². The van der Waals surface area contributed by atoms with E-state index in [9.17, 15) is 0 Å². The van der Waals surface area contributed by atoms with Crippen molar-refractivity contribution in [2.75, 3.05) is 32.4 Å². The van der Waals surface area contributed by atoms with Crippen LogP contribution in [-0.2, 0) is 0 Å². The lowest BCUT2D eigenvalue weighted by Gasteiger charge is -2.35. The fraction of sp³-hybridized carbons (Fsp3) is 1.00. The van der Waals surface area contributed by atoms with Gasteiger partial charge < -0.3 is 4.48 Å². The van der Waals surface area contributed by atoms with Crippen LogP contribution in [0.15, 0.2) is 0 Å². The first-order chi connectivity index (χ1) is 10.7. The average molecular weight is 331 g/mol. The van der Waals surface area contributed by atoms with Crippen LogP contribution in [0.3, 0.4) is 0 Å². The minimum Gasteiger partial charge on any atom is -0.326 e. The van der Waals surface area contributed by atoms with Gasteiger partial charge in [-0.25, -0.2) is 0 Å². The molecule has 0 N–H and O–H groups in total. The van der Waals surface area contributed by atoms with Gasteiger partial charge in [0.2, 0.25) is 0 Å². The van der Waals surface area contributed by atoms with E-state index in [4.69, 9.17) is 0 Å². The van der Waals surface area contributed by atoms with Gasteiger partial charge in [-0.05, 0) is 31.4 Å². The van der Waals surface area contributed by atoms with Crippen LogP contribution in [0.5, 0.6) is 0 Å². The van der Waals surface area contributed by atoms with Gasteiger partial charge in [-0.3, -0.25) is 0 Å². The highest BCUT2D eigenvalue weighted by molar-refractivity contribution is 7.80. The maximum Gasteiger partial charge on any atom is 0.0792 e. The maximum atomic E-state index is 4.42. The number of nitrogens with zero attached hydrogens (tertiary/aromatic N) is 1. The summed E-state index contributed by atoms with van der Waals surface area (Å²) in [5.74, 6) is 1.04. The van der Waals surface area contributed by atoms with E-state index in [2.05, 4.69) is 33.5 Å². The fourth-order valence-electron chi connectivity index (χ4n) is 3.34. The highest BCUT2D eigenvalue weighted by atomic mass is 32.1. The molecule has 0 amide bonds. The molecule has 134 valence electrons. The lowest BCUT2D eigenvalue weighted by molar-refractivity contribution is -0.910. The largest absolute Gasteiger partial charge is 0.326 e. The SMILES string of the molecule is CCCCCCCC[N+](C)(CCCS)CCCCCCCC. The van der Waals surface area contributed by atoms with Gasteiger partial charge in [0.05, 0.1) is 26.7 Å². The van der Waals surface area contributed by atoms with E-state index in [-0.39, 0.29) is 0 Å². The maximum absolute atomic E-state index is 4.42. The standard InChI is InChI=1S/C20H43NS/c1-4-6-8-10-12-14-17-21(3,19-16-20-22)18-15-13-11-9-7-5-2/h4-20H2,1-3H3/p+1. The van der Waals surface area contributed by atoms with Gasteiger partial charge >= 0.3 is 0 Å². The van der Waals surface area contributed by atoms with Gasteiger partial charge in [0, 0.05) is 6.42 Å². The van der Waals surface area contributed by atoms with Crippen molar-refractivity contribution in [2.45, 2.75) is 97.3 Å². The zero-order valence-electron chi connectivity index (χ0n) is 15.9. The van der Waals surface area contributed by atoms with Gasteiger partial charge in [-0.2, -0.15) is 12.6 Å². The number of unbranched alkanes of at least 4 members (excludes halogenated alkanes) is 10. The predicted molar refractivity (Wildman–Crippen MR) is 106 cm³/mol. The molecule has 2 heteroatoms. The minimum absolute atomic E-state index is 1.04. The number of hydrogen-bond acceptors (Lipinski definition) is 1. The Morgan fingerprint density at radius 3 is 1.32 bits per heavy atom. The van der Waals surface area contributed by atoms with Crippen molar-refractivity contribution in [2.24, 2.45) is 0 Å². The molecule has 0 aromatic heterocycles. The van der Waals surface area contributed by atoms with E-state index in [1.165, 1.54) is 108 Å². The third-order valence-corrected chi connectivity index (χ3v) is 5.28. The monoisotopic (exact) mass is 330 g/mol. The van der Waals surface area contributed by atoms with E-state index >= 15 is 0 Å². The zero-order valence-corrected chi connectivity index (χ0v) is 16.8. The molecule has 0 aromatic carbocycles. The Hall–Kier alpha value is 0.310. The minimum atomic E-state index is 1.04. The molecule has 0 radical (unpaired) electrons. The molecule has 1 nitrogen and oxygen atoms in total. The van der Waals surface area contributed by atoms with Gasteiger partial charge in [0.1, 0.15) is 0 Å². The second-order valence-corrected chi connectivity index (χ2v) is 7.85. The molecule has 0 heterocycles. The molecule has 0 bridgehead atoms. The molecule has 0 fully saturated rings. The summed E-state index contributed by atoms with van der Waals surface area (Å²) in [6.07, 6.45) is 18.3. The zero-order chi connectivity index (χ0) is 16.5. The van der Waals surface area contributed by atoms with Crippen molar-refractivity contribution in [3.8, 4) is 0 Å². The first kappa shape index (κ1) is 22.3. The summed E-state index contributed by atoms with van der Waals surface area (Å²) in [7, 11) is 2.49. The van der Waals surface area contributed by atoms with Crippen LogP contribution in [0.4, 0.5) is 0 Å². The molecule has 0 saturated heterocycles. The number of quaternary nitrogens is 1. The summed E-state index contributed by atoms with van der Waals surface area (Å²) in [5, 5.41) is 0. The van der Waals surface area contributed by atoms with Gasteiger partial charge in [-0.1, -0.05) is 65.2 Å². The first-order valence-corrected chi connectivity index (χ1v) is 10.8. The Balaban J connectivity index is 3.84. The van der Waals surface area contributed by atoms with Gasteiger partial charge in [0.15, 0.2) is 0 Å². The van der Waals surface area contributed by atoms with Crippen LogP contribution in [0, 0.1) is 0 Å². The van der Waals surface area contributed by atoms with Crippen molar-refractivity contribution < 1.29 is 4.48 Å². The Bertz CT molecular complexity index is 202. The quantitative estimate of drug-likeness (QED) is 0.176. The molecule has 0 saturated carbocycles. The van der Waals surface area contributed by atoms with E-state index < -0.39 is 0 Å². The summed E-state index contributed by atoms with van der Waals surface area (Å²) in [6, 6.07) is 0. The van der Waals surface area contributed by atoms with Crippen LogP contribution in [0.2, 0.25) is 0 Å².